The molecular formula is C27H17FN4O2. The van der Waals surface area contributed by atoms with E-state index in [9.17, 15) is 14.0 Å². The molecule has 0 atom stereocenters. The largest absolute Gasteiger partial charge is 0.361 e. The van der Waals surface area contributed by atoms with E-state index in [0.29, 0.717) is 11.1 Å². The Bertz CT molecular complexity index is 1580. The molecule has 0 fully saturated rings. The summed E-state index contributed by atoms with van der Waals surface area (Å²) in [4.78, 5) is 33.6. The Morgan fingerprint density at radius 1 is 0.706 bits per heavy atom. The number of nitrogens with zero attached hydrogens (tertiary/aromatic N) is 2. The highest BCUT2D eigenvalue weighted by molar-refractivity contribution is 6.50. The van der Waals surface area contributed by atoms with E-state index in [-0.39, 0.29) is 16.7 Å². The van der Waals surface area contributed by atoms with Crippen molar-refractivity contribution in [1.29, 1.82) is 0 Å². The molecule has 164 valence electrons. The summed E-state index contributed by atoms with van der Waals surface area (Å²) in [5.74, 6) is -1.63. The molecule has 3 heterocycles. The zero-order valence-corrected chi connectivity index (χ0v) is 17.7. The maximum Gasteiger partial charge on any atom is 0.283 e. The second-order valence-corrected chi connectivity index (χ2v) is 7.93. The molecule has 2 amide bonds. The van der Waals surface area contributed by atoms with Gasteiger partial charge in [0.1, 0.15) is 5.82 Å². The van der Waals surface area contributed by atoms with Crippen LogP contribution >= 0.6 is 0 Å². The molecule has 0 unspecified atom stereocenters. The molecule has 1 aliphatic rings. The first kappa shape index (κ1) is 19.9. The number of halogens is 1. The Morgan fingerprint density at radius 2 is 1.21 bits per heavy atom. The predicted octanol–water partition coefficient (Wildman–Crippen LogP) is 5.10. The van der Waals surface area contributed by atoms with Gasteiger partial charge in [-0.05, 0) is 18.2 Å². The van der Waals surface area contributed by atoms with E-state index >= 15 is 0 Å². The molecule has 5 aromatic rings. The van der Waals surface area contributed by atoms with Gasteiger partial charge in [0.2, 0.25) is 0 Å². The van der Waals surface area contributed by atoms with Crippen LogP contribution in [0.15, 0.2) is 90.3 Å². The minimum atomic E-state index is -0.567. The summed E-state index contributed by atoms with van der Waals surface area (Å²) in [6.07, 6.45) is 4.64. The topological polar surface area (TPSA) is 81.3 Å². The number of rotatable bonds is 4. The van der Waals surface area contributed by atoms with Crippen LogP contribution in [-0.4, -0.2) is 33.0 Å². The molecule has 2 aromatic heterocycles. The molecule has 1 aliphatic heterocycles. The molecule has 0 spiro atoms. The van der Waals surface area contributed by atoms with Crippen LogP contribution in [0.5, 0.6) is 0 Å². The maximum absolute atomic E-state index is 14.1. The molecule has 0 saturated carbocycles. The van der Waals surface area contributed by atoms with Gasteiger partial charge in [0, 0.05) is 50.9 Å². The highest BCUT2D eigenvalue weighted by Gasteiger charge is 2.41. The molecule has 3 aromatic carbocycles. The van der Waals surface area contributed by atoms with Gasteiger partial charge in [-0.25, -0.2) is 4.39 Å². The monoisotopic (exact) mass is 448 g/mol. The molecule has 34 heavy (non-hydrogen) atoms. The maximum atomic E-state index is 14.1. The predicted molar refractivity (Wildman–Crippen MR) is 129 cm³/mol. The fourth-order valence-corrected chi connectivity index (χ4v) is 4.38. The summed E-state index contributed by atoms with van der Waals surface area (Å²) in [6, 6.07) is 21.2. The molecule has 6 nitrogen and oxygen atoms in total. The van der Waals surface area contributed by atoms with Crippen LogP contribution in [0.25, 0.3) is 33.0 Å². The average Bonchev–Trinajstić information content (AvgIpc) is 3.53. The zero-order chi connectivity index (χ0) is 23.2. The third-order valence-electron chi connectivity index (χ3n) is 6.00. The lowest BCUT2D eigenvalue weighted by Gasteiger charge is -2.08. The van der Waals surface area contributed by atoms with E-state index in [1.807, 2.05) is 48.5 Å². The van der Waals surface area contributed by atoms with Crippen molar-refractivity contribution in [2.75, 3.05) is 0 Å². The lowest BCUT2D eigenvalue weighted by atomic mass is 9.95. The number of carbonyl (C=O) groups is 2. The molecular weight excluding hydrogens is 431 g/mol. The van der Waals surface area contributed by atoms with Gasteiger partial charge in [-0.1, -0.05) is 54.6 Å². The number of nitrogens with one attached hydrogen (secondary N) is 2. The Balaban J connectivity index is 1.55. The number of benzene rings is 3. The van der Waals surface area contributed by atoms with Gasteiger partial charge >= 0.3 is 0 Å². The number of amides is 2. The number of aromatic nitrogens is 2. The van der Waals surface area contributed by atoms with Gasteiger partial charge in [-0.15, -0.1) is 0 Å². The van der Waals surface area contributed by atoms with Crippen molar-refractivity contribution in [3.05, 3.63) is 108 Å². The van der Waals surface area contributed by atoms with Crippen LogP contribution in [-0.2, 0) is 9.59 Å². The number of carbonyl (C=O) groups excluding carboxylic acids is 2. The minimum Gasteiger partial charge on any atom is -0.361 e. The number of imide groups is 1. The molecule has 7 heteroatoms. The van der Waals surface area contributed by atoms with Crippen LogP contribution in [0.3, 0.4) is 0 Å². The van der Waals surface area contributed by atoms with Crippen molar-refractivity contribution in [2.45, 2.75) is 0 Å². The summed E-state index contributed by atoms with van der Waals surface area (Å²) >= 11 is 0. The van der Waals surface area contributed by atoms with Crippen molar-refractivity contribution in [1.82, 2.24) is 15.0 Å². The summed E-state index contributed by atoms with van der Waals surface area (Å²) in [6.45, 7) is 0. The van der Waals surface area contributed by atoms with Crippen molar-refractivity contribution in [3.8, 4) is 0 Å². The number of aromatic amines is 2. The summed E-state index contributed by atoms with van der Waals surface area (Å²) in [5.41, 5.74) is 3.58. The van der Waals surface area contributed by atoms with Gasteiger partial charge < -0.3 is 9.97 Å². The van der Waals surface area contributed by atoms with Crippen molar-refractivity contribution < 1.29 is 14.0 Å². The smallest absolute Gasteiger partial charge is 0.283 e. The molecule has 6 rings (SSSR count). The number of hydrogen-bond donors (Lipinski definition) is 2. The highest BCUT2D eigenvalue weighted by atomic mass is 19.1. The number of para-hydroxylation sites is 2. The van der Waals surface area contributed by atoms with E-state index in [2.05, 4.69) is 15.1 Å². The standard InChI is InChI=1S/C27H17FN4O2/c28-21-10-4-1-7-16(21)13-31-32-26(33)24(19-14-29-22-11-5-2-8-17(19)22)25(27(32)34)20-15-30-23-12-6-3-9-18(20)23/h1-15,29-30H/b31-13+. The van der Waals surface area contributed by atoms with E-state index < -0.39 is 17.6 Å². The molecule has 2 N–H and O–H groups in total. The first-order valence-electron chi connectivity index (χ1n) is 10.7. The number of H-pyrrole nitrogens is 2. The van der Waals surface area contributed by atoms with Gasteiger partial charge in [-0.2, -0.15) is 10.1 Å². The molecule has 0 aliphatic carbocycles. The van der Waals surface area contributed by atoms with Crippen molar-refractivity contribution in [3.63, 3.8) is 0 Å². The fourth-order valence-electron chi connectivity index (χ4n) is 4.38. The molecule has 0 bridgehead atoms. The first-order chi connectivity index (χ1) is 16.6. The van der Waals surface area contributed by atoms with Crippen LogP contribution < -0.4 is 0 Å². The third-order valence-corrected chi connectivity index (χ3v) is 6.00. The molecule has 0 saturated heterocycles. The van der Waals surface area contributed by atoms with E-state index in [0.717, 1.165) is 26.8 Å². The lowest BCUT2D eigenvalue weighted by molar-refractivity contribution is -0.135. The van der Waals surface area contributed by atoms with Gasteiger partial charge in [0.05, 0.1) is 17.4 Å². The SMILES string of the molecule is O=C1C(c2c[nH]c3ccccc23)=C(c2c[nH]c3ccccc23)C(=O)N1/N=C/c1ccccc1F. The van der Waals surface area contributed by atoms with Crippen LogP contribution in [0.2, 0.25) is 0 Å². The Labute approximate surface area is 193 Å². The first-order valence-corrected chi connectivity index (χ1v) is 10.7. The van der Waals surface area contributed by atoms with E-state index in [4.69, 9.17) is 0 Å². The van der Waals surface area contributed by atoms with E-state index in [1.54, 1.807) is 24.5 Å². The Hall–Kier alpha value is -4.78. The number of hydrogen-bond acceptors (Lipinski definition) is 3. The zero-order valence-electron chi connectivity index (χ0n) is 17.7. The van der Waals surface area contributed by atoms with Crippen LogP contribution in [0.4, 0.5) is 4.39 Å². The second kappa shape index (κ2) is 7.67. The third kappa shape index (κ3) is 2.98. The summed E-state index contributed by atoms with van der Waals surface area (Å²) in [7, 11) is 0. The van der Waals surface area contributed by atoms with Crippen molar-refractivity contribution in [2.24, 2.45) is 5.10 Å². The summed E-state index contributed by atoms with van der Waals surface area (Å²) < 4.78 is 14.1. The quantitative estimate of drug-likeness (QED) is 0.296. The van der Waals surface area contributed by atoms with Gasteiger partial charge in [0.15, 0.2) is 0 Å². The second-order valence-electron chi connectivity index (χ2n) is 7.93. The van der Waals surface area contributed by atoms with Gasteiger partial charge in [0.25, 0.3) is 11.8 Å². The van der Waals surface area contributed by atoms with Crippen molar-refractivity contribution >= 4 is 51.0 Å². The molecule has 0 radical (unpaired) electrons. The summed E-state index contributed by atoms with van der Waals surface area (Å²) in [5, 5.41) is 6.54. The highest BCUT2D eigenvalue weighted by Crippen LogP contribution is 2.40. The number of fused-ring (bicyclic) bond motifs is 2. The average molecular weight is 448 g/mol. The Kier molecular flexibility index (Phi) is 4.48. The van der Waals surface area contributed by atoms with Crippen LogP contribution in [0.1, 0.15) is 16.7 Å². The fraction of sp³-hybridized carbons (Fsp3) is 0. The lowest BCUT2D eigenvalue weighted by Crippen LogP contribution is -2.26. The Morgan fingerprint density at radius 3 is 1.76 bits per heavy atom. The normalized spacial score (nSPS) is 14.4. The number of hydrazone groups is 1. The van der Waals surface area contributed by atoms with E-state index in [1.165, 1.54) is 18.3 Å². The minimum absolute atomic E-state index is 0.178. The van der Waals surface area contributed by atoms with Crippen LogP contribution in [0, 0.1) is 5.82 Å². The van der Waals surface area contributed by atoms with Gasteiger partial charge in [-0.3, -0.25) is 9.59 Å².